The van der Waals surface area contributed by atoms with Crippen LogP contribution in [0.4, 0.5) is 5.82 Å². The average Bonchev–Trinajstić information content (AvgIpc) is 2.84. The van der Waals surface area contributed by atoms with Gasteiger partial charge in [0.2, 0.25) is 5.91 Å². The second-order valence-corrected chi connectivity index (χ2v) is 11.2. The summed E-state index contributed by atoms with van der Waals surface area (Å²) in [6.45, 7) is 7.43. The number of aliphatic hydroxyl groups is 3. The lowest BCUT2D eigenvalue weighted by Gasteiger charge is -2.37. The maximum atomic E-state index is 12.9. The predicted octanol–water partition coefficient (Wildman–Crippen LogP) is 1.40. The van der Waals surface area contributed by atoms with Crippen molar-refractivity contribution in [1.82, 2.24) is 9.55 Å². The fourth-order valence-corrected chi connectivity index (χ4v) is 5.22. The van der Waals surface area contributed by atoms with Gasteiger partial charge in [0.05, 0.1) is 18.8 Å². The van der Waals surface area contributed by atoms with E-state index in [1.54, 1.807) is 27.7 Å². The van der Waals surface area contributed by atoms with E-state index in [-0.39, 0.29) is 50.3 Å². The Morgan fingerprint density at radius 3 is 2.29 bits per heavy atom. The van der Waals surface area contributed by atoms with Gasteiger partial charge >= 0.3 is 19.3 Å². The van der Waals surface area contributed by atoms with Gasteiger partial charge in [0.1, 0.15) is 18.5 Å². The third kappa shape index (κ3) is 8.94. The Morgan fingerprint density at radius 1 is 1.21 bits per heavy atom. The quantitative estimate of drug-likeness (QED) is 0.142. The van der Waals surface area contributed by atoms with Gasteiger partial charge in [-0.1, -0.05) is 20.8 Å². The molecule has 1 rings (SSSR count). The van der Waals surface area contributed by atoms with Gasteiger partial charge in [0.15, 0.2) is 11.6 Å². The van der Waals surface area contributed by atoms with Crippen molar-refractivity contribution >= 4 is 25.3 Å². The number of esters is 1. The lowest BCUT2D eigenvalue weighted by Crippen LogP contribution is -2.39. The molecule has 0 aromatic carbocycles. The number of hydrogen-bond donors (Lipinski definition) is 5. The molecule has 0 aliphatic carbocycles. The lowest BCUT2D eigenvalue weighted by atomic mass is 10.0. The number of ether oxygens (including phenoxy) is 2. The zero-order valence-electron chi connectivity index (χ0n) is 22.7. The minimum absolute atomic E-state index is 0.00158. The van der Waals surface area contributed by atoms with Crippen LogP contribution in [0.1, 0.15) is 79.0 Å². The van der Waals surface area contributed by atoms with E-state index in [2.05, 4.69) is 10.3 Å². The number of aliphatic hydroxyl groups excluding tert-OH is 2. The van der Waals surface area contributed by atoms with Crippen LogP contribution in [0.2, 0.25) is 0 Å². The second-order valence-electron chi connectivity index (χ2n) is 9.13. The minimum atomic E-state index is -4.48. The standard InChI is InChI=1S/C23H40N3O11P/c1-7-22(6,37-38(33,34)23(32,8-2)9-3)10-11-35-20(18(30)13-27)26-12-17(14-36-16(5)29)19(24-15(4)28)25-21(26)31/h12,18,20,27,30,32H,7-11,13-14H2,1-6H3,(H,33,34)(H,24,25,28,31)/t18-,20-,22?/m1/s1. The van der Waals surface area contributed by atoms with Crippen molar-refractivity contribution in [2.45, 2.75) is 97.1 Å². The molecule has 14 nitrogen and oxygen atoms in total. The second kappa shape index (κ2) is 14.3. The van der Waals surface area contributed by atoms with Crippen LogP contribution in [0.15, 0.2) is 11.0 Å². The van der Waals surface area contributed by atoms with E-state index in [0.717, 1.165) is 4.57 Å². The summed E-state index contributed by atoms with van der Waals surface area (Å²) in [6.07, 6.45) is -1.61. The lowest BCUT2D eigenvalue weighted by molar-refractivity contribution is -0.142. The molecule has 1 aromatic rings. The Bertz CT molecular complexity index is 1060. The molecule has 0 saturated carbocycles. The highest BCUT2D eigenvalue weighted by Crippen LogP contribution is 2.60. The van der Waals surface area contributed by atoms with E-state index in [4.69, 9.17) is 14.0 Å². The van der Waals surface area contributed by atoms with Gasteiger partial charge in [0.25, 0.3) is 0 Å². The third-order valence-electron chi connectivity index (χ3n) is 6.21. The maximum absolute atomic E-state index is 12.9. The smallest absolute Gasteiger partial charge is 0.359 e. The number of amides is 1. The summed E-state index contributed by atoms with van der Waals surface area (Å²) >= 11 is 0. The van der Waals surface area contributed by atoms with Gasteiger partial charge in [-0.15, -0.1) is 0 Å². The van der Waals surface area contributed by atoms with Gasteiger partial charge in [-0.3, -0.25) is 18.7 Å². The Balaban J connectivity index is 3.26. The van der Waals surface area contributed by atoms with Crippen molar-refractivity contribution in [2.24, 2.45) is 0 Å². The Morgan fingerprint density at radius 2 is 1.82 bits per heavy atom. The number of carbonyl (C=O) groups excluding carboxylic acids is 2. The molecule has 5 N–H and O–H groups in total. The molecule has 2 unspecified atom stereocenters. The van der Waals surface area contributed by atoms with Crippen LogP contribution in [-0.4, -0.2) is 71.9 Å². The van der Waals surface area contributed by atoms with Gasteiger partial charge in [0, 0.05) is 32.0 Å². The Kier molecular flexibility index (Phi) is 12.7. The molecule has 15 heteroatoms. The molecule has 38 heavy (non-hydrogen) atoms. The van der Waals surface area contributed by atoms with Crippen molar-refractivity contribution < 1.29 is 48.4 Å². The molecular formula is C23H40N3O11P. The molecular weight excluding hydrogens is 525 g/mol. The fourth-order valence-electron chi connectivity index (χ4n) is 3.43. The van der Waals surface area contributed by atoms with Crippen LogP contribution in [0.5, 0.6) is 0 Å². The molecule has 218 valence electrons. The number of carbonyl (C=O) groups is 2. The summed E-state index contributed by atoms with van der Waals surface area (Å²) in [5.41, 5.74) is -2.05. The first-order valence-electron chi connectivity index (χ1n) is 12.3. The van der Waals surface area contributed by atoms with E-state index in [1.807, 2.05) is 0 Å². The SMILES string of the molecule is CCC(C)(CCO[C@H]([C@H](O)CO)n1cc(COC(C)=O)c(NC(C)=O)nc1=O)OP(=O)(O)C(O)(CC)CC. The van der Waals surface area contributed by atoms with E-state index >= 15 is 0 Å². The highest BCUT2D eigenvalue weighted by molar-refractivity contribution is 7.54. The number of hydrogen-bond acceptors (Lipinski definition) is 11. The van der Waals surface area contributed by atoms with Gasteiger partial charge in [-0.25, -0.2) is 4.79 Å². The van der Waals surface area contributed by atoms with Crippen LogP contribution >= 0.6 is 7.60 Å². The van der Waals surface area contributed by atoms with Gasteiger partial charge < -0.3 is 39.5 Å². The highest BCUT2D eigenvalue weighted by atomic mass is 31.2. The zero-order valence-corrected chi connectivity index (χ0v) is 23.6. The normalized spacial score (nSPS) is 16.7. The molecule has 0 saturated heterocycles. The number of anilines is 1. The van der Waals surface area contributed by atoms with Crippen LogP contribution in [0, 0.1) is 0 Å². The molecule has 1 heterocycles. The van der Waals surface area contributed by atoms with Crippen molar-refractivity contribution in [2.75, 3.05) is 18.5 Å². The molecule has 0 aliphatic rings. The number of aromatic nitrogens is 2. The molecule has 1 amide bonds. The van der Waals surface area contributed by atoms with E-state index < -0.39 is 55.0 Å². The minimum Gasteiger partial charge on any atom is -0.461 e. The zero-order chi connectivity index (χ0) is 29.3. The average molecular weight is 566 g/mol. The molecule has 0 bridgehead atoms. The molecule has 0 spiro atoms. The molecule has 0 fully saturated rings. The van der Waals surface area contributed by atoms with Crippen molar-refractivity contribution in [1.29, 1.82) is 0 Å². The van der Waals surface area contributed by atoms with Crippen molar-refractivity contribution in [3.05, 3.63) is 22.2 Å². The van der Waals surface area contributed by atoms with Crippen molar-refractivity contribution in [3.63, 3.8) is 0 Å². The van der Waals surface area contributed by atoms with E-state index in [0.29, 0.717) is 0 Å². The van der Waals surface area contributed by atoms with Crippen LogP contribution in [0.3, 0.4) is 0 Å². The van der Waals surface area contributed by atoms with Crippen molar-refractivity contribution in [3.8, 4) is 0 Å². The predicted molar refractivity (Wildman–Crippen MR) is 136 cm³/mol. The fraction of sp³-hybridized carbons (Fsp3) is 0.739. The highest BCUT2D eigenvalue weighted by Gasteiger charge is 2.48. The monoisotopic (exact) mass is 565 g/mol. The molecule has 0 radical (unpaired) electrons. The summed E-state index contributed by atoms with van der Waals surface area (Å²) in [4.78, 5) is 49.9. The Labute approximate surface area is 221 Å². The molecule has 4 atom stereocenters. The topological polar surface area (TPSA) is 207 Å². The number of rotatable bonds is 16. The summed E-state index contributed by atoms with van der Waals surface area (Å²) in [6, 6.07) is 0. The number of nitrogens with zero attached hydrogens (tertiary/aromatic N) is 2. The van der Waals surface area contributed by atoms with Gasteiger partial charge in [-0.2, -0.15) is 4.98 Å². The van der Waals surface area contributed by atoms with Gasteiger partial charge in [-0.05, 0) is 26.2 Å². The Hall–Kier alpha value is -2.19. The van der Waals surface area contributed by atoms with E-state index in [1.165, 1.54) is 20.0 Å². The first-order valence-corrected chi connectivity index (χ1v) is 13.9. The maximum Gasteiger partial charge on any atom is 0.359 e. The molecule has 0 aliphatic heterocycles. The van der Waals surface area contributed by atoms with Crippen LogP contribution < -0.4 is 11.0 Å². The van der Waals surface area contributed by atoms with Crippen LogP contribution in [-0.2, 0) is 34.8 Å². The van der Waals surface area contributed by atoms with E-state index in [9.17, 15) is 39.2 Å². The third-order valence-corrected chi connectivity index (χ3v) is 8.59. The first kappa shape index (κ1) is 33.8. The summed E-state index contributed by atoms with van der Waals surface area (Å²) < 4.78 is 30.0. The molecule has 1 aromatic heterocycles. The number of nitrogens with one attached hydrogen (secondary N) is 1. The summed E-state index contributed by atoms with van der Waals surface area (Å²) in [5.74, 6) is -1.31. The first-order chi connectivity index (χ1) is 17.6. The summed E-state index contributed by atoms with van der Waals surface area (Å²) in [7, 11) is -4.48. The van der Waals surface area contributed by atoms with Crippen LogP contribution in [0.25, 0.3) is 0 Å². The summed E-state index contributed by atoms with van der Waals surface area (Å²) in [5, 5.41) is 31.0. The largest absolute Gasteiger partial charge is 0.461 e.